The molecule has 25 heavy (non-hydrogen) atoms. The van der Waals surface area contributed by atoms with Crippen molar-refractivity contribution in [2.24, 2.45) is 0 Å². The van der Waals surface area contributed by atoms with E-state index < -0.39 is 29.9 Å². The van der Waals surface area contributed by atoms with Crippen molar-refractivity contribution >= 4 is 17.8 Å². The van der Waals surface area contributed by atoms with Crippen LogP contribution in [0.15, 0.2) is 24.3 Å². The number of carbonyl (C=O) groups is 3. The zero-order valence-electron chi connectivity index (χ0n) is 14.1. The summed E-state index contributed by atoms with van der Waals surface area (Å²) in [4.78, 5) is 34.5. The second kappa shape index (κ2) is 10.3. The molecule has 0 spiro atoms. The van der Waals surface area contributed by atoms with E-state index in [0.29, 0.717) is 12.1 Å². The fourth-order valence-corrected chi connectivity index (χ4v) is 2.25. The number of carbonyl (C=O) groups excluding carboxylic acids is 1. The van der Waals surface area contributed by atoms with Gasteiger partial charge < -0.3 is 20.6 Å². The van der Waals surface area contributed by atoms with Crippen LogP contribution in [-0.4, -0.2) is 51.8 Å². The Morgan fingerprint density at radius 2 is 1.64 bits per heavy atom. The number of hydrogen-bond donors (Lipinski definition) is 5. The zero-order chi connectivity index (χ0) is 18.8. The van der Waals surface area contributed by atoms with Gasteiger partial charge in [0.15, 0.2) is 0 Å². The highest BCUT2D eigenvalue weighted by Crippen LogP contribution is 2.12. The molecule has 138 valence electrons. The van der Waals surface area contributed by atoms with E-state index in [1.54, 1.807) is 12.1 Å². The van der Waals surface area contributed by atoms with Gasteiger partial charge >= 0.3 is 11.9 Å². The molecule has 1 aromatic rings. The van der Waals surface area contributed by atoms with E-state index in [1.165, 1.54) is 12.1 Å². The molecule has 8 nitrogen and oxygen atoms in total. The predicted molar refractivity (Wildman–Crippen MR) is 90.3 cm³/mol. The molecule has 0 aliphatic rings. The summed E-state index contributed by atoms with van der Waals surface area (Å²) in [5.41, 5.74) is 0.661. The molecule has 0 unspecified atom stereocenters. The molecule has 1 amide bonds. The Kier molecular flexibility index (Phi) is 8.42. The monoisotopic (exact) mass is 352 g/mol. The second-order valence-corrected chi connectivity index (χ2v) is 5.70. The van der Waals surface area contributed by atoms with Crippen molar-refractivity contribution in [1.82, 2.24) is 10.6 Å². The summed E-state index contributed by atoms with van der Waals surface area (Å²) in [7, 11) is 0. The molecule has 0 aromatic heterocycles. The maximum Gasteiger partial charge on any atom is 0.332 e. The molecule has 0 aliphatic carbocycles. The molecule has 0 bridgehead atoms. The van der Waals surface area contributed by atoms with Crippen molar-refractivity contribution < 1.29 is 29.7 Å². The average Bonchev–Trinajstić information content (AvgIpc) is 2.56. The van der Waals surface area contributed by atoms with Crippen molar-refractivity contribution in [2.45, 2.75) is 44.7 Å². The number of benzene rings is 1. The van der Waals surface area contributed by atoms with Crippen LogP contribution in [0.2, 0.25) is 0 Å². The van der Waals surface area contributed by atoms with Crippen LogP contribution in [0.25, 0.3) is 0 Å². The summed E-state index contributed by atoms with van der Waals surface area (Å²) in [6.07, 6.45) is 2.82. The maximum atomic E-state index is 12.3. The smallest absolute Gasteiger partial charge is 0.332 e. The lowest BCUT2D eigenvalue weighted by Crippen LogP contribution is -2.54. The zero-order valence-corrected chi connectivity index (χ0v) is 14.1. The van der Waals surface area contributed by atoms with E-state index >= 15 is 0 Å². The molecule has 1 aromatic carbocycles. The number of carboxylic acid groups (broad SMARTS) is 2. The molecule has 0 aliphatic heterocycles. The summed E-state index contributed by atoms with van der Waals surface area (Å²) >= 11 is 0. The number of amides is 1. The molecule has 5 N–H and O–H groups in total. The van der Waals surface area contributed by atoms with Crippen LogP contribution < -0.4 is 10.6 Å². The number of phenolic OH excluding ortho intramolecular Hbond substituents is 1. The van der Waals surface area contributed by atoms with Gasteiger partial charge in [0, 0.05) is 6.54 Å². The highest BCUT2D eigenvalue weighted by atomic mass is 16.4. The minimum absolute atomic E-state index is 0.0613. The number of unbranched alkanes of at least 4 members (excludes halogenated alkanes) is 2. The van der Waals surface area contributed by atoms with Crippen LogP contribution in [0, 0.1) is 0 Å². The van der Waals surface area contributed by atoms with E-state index in [0.717, 1.165) is 19.3 Å². The number of hydrogen-bond acceptors (Lipinski definition) is 5. The number of aromatic hydroxyl groups is 1. The van der Waals surface area contributed by atoms with Gasteiger partial charge in [0.05, 0.1) is 6.04 Å². The Labute approximate surface area is 145 Å². The third kappa shape index (κ3) is 7.21. The lowest BCUT2D eigenvalue weighted by Gasteiger charge is -2.21. The van der Waals surface area contributed by atoms with E-state index in [4.69, 9.17) is 10.2 Å². The van der Waals surface area contributed by atoms with Crippen molar-refractivity contribution in [1.29, 1.82) is 0 Å². The quantitative estimate of drug-likeness (QED) is 0.293. The van der Waals surface area contributed by atoms with Crippen LogP contribution in [0.4, 0.5) is 0 Å². The number of carboxylic acids is 2. The number of nitrogens with one attached hydrogen (secondary N) is 2. The minimum atomic E-state index is -1.89. The first-order valence-corrected chi connectivity index (χ1v) is 8.12. The van der Waals surface area contributed by atoms with Crippen LogP contribution >= 0.6 is 0 Å². The molecular formula is C17H24N2O6. The van der Waals surface area contributed by atoms with Crippen LogP contribution in [0.1, 0.15) is 31.7 Å². The SMILES string of the molecule is CCCCCNC(=O)[C@H](Cc1ccc(O)cc1)NC(C(=O)O)C(=O)O. The summed E-state index contributed by atoms with van der Waals surface area (Å²) < 4.78 is 0. The van der Waals surface area contributed by atoms with E-state index in [9.17, 15) is 19.5 Å². The van der Waals surface area contributed by atoms with Gasteiger partial charge in [-0.15, -0.1) is 0 Å². The third-order valence-electron chi connectivity index (χ3n) is 3.63. The largest absolute Gasteiger partial charge is 0.508 e. The van der Waals surface area contributed by atoms with Crippen molar-refractivity contribution in [2.75, 3.05) is 6.54 Å². The maximum absolute atomic E-state index is 12.3. The van der Waals surface area contributed by atoms with Gasteiger partial charge in [-0.1, -0.05) is 31.9 Å². The summed E-state index contributed by atoms with van der Waals surface area (Å²) in [6, 6.07) is 3.15. The Bertz CT molecular complexity index is 573. The molecule has 0 saturated carbocycles. The minimum Gasteiger partial charge on any atom is -0.508 e. The van der Waals surface area contributed by atoms with Crippen LogP contribution in [0.5, 0.6) is 5.75 Å². The Balaban J connectivity index is 2.84. The summed E-state index contributed by atoms with van der Waals surface area (Å²) in [5.74, 6) is -3.54. The normalized spacial score (nSPS) is 11.9. The van der Waals surface area contributed by atoms with Gasteiger partial charge in [0.1, 0.15) is 5.75 Å². The Hall–Kier alpha value is -2.61. The fraction of sp³-hybridized carbons (Fsp3) is 0.471. The first-order chi connectivity index (χ1) is 11.8. The van der Waals surface area contributed by atoms with E-state index in [1.807, 2.05) is 6.92 Å². The first-order valence-electron chi connectivity index (χ1n) is 8.12. The van der Waals surface area contributed by atoms with Gasteiger partial charge in [0.25, 0.3) is 0 Å². The molecular weight excluding hydrogens is 328 g/mol. The van der Waals surface area contributed by atoms with Gasteiger partial charge in [-0.05, 0) is 30.5 Å². The molecule has 8 heteroatoms. The molecule has 0 radical (unpaired) electrons. The van der Waals surface area contributed by atoms with Gasteiger partial charge in [-0.2, -0.15) is 0 Å². The Morgan fingerprint density at radius 1 is 1.04 bits per heavy atom. The molecule has 0 fully saturated rings. The van der Waals surface area contributed by atoms with Crippen molar-refractivity contribution in [3.63, 3.8) is 0 Å². The third-order valence-corrected chi connectivity index (χ3v) is 3.63. The second-order valence-electron chi connectivity index (χ2n) is 5.70. The van der Waals surface area contributed by atoms with Crippen LogP contribution in [-0.2, 0) is 20.8 Å². The van der Waals surface area contributed by atoms with Crippen LogP contribution in [0.3, 0.4) is 0 Å². The lowest BCUT2D eigenvalue weighted by molar-refractivity contribution is -0.151. The highest BCUT2D eigenvalue weighted by molar-refractivity contribution is 5.98. The molecule has 1 atom stereocenters. The highest BCUT2D eigenvalue weighted by Gasteiger charge is 2.31. The summed E-state index contributed by atoms with van der Waals surface area (Å²) in [6.45, 7) is 2.46. The molecule has 1 rings (SSSR count). The molecule has 0 heterocycles. The Morgan fingerprint density at radius 3 is 2.16 bits per heavy atom. The number of rotatable bonds is 11. The molecule has 0 saturated heterocycles. The number of aliphatic carboxylic acids is 2. The standard InChI is InChI=1S/C17H24N2O6/c1-2-3-4-9-18-15(21)13(19-14(16(22)23)17(24)25)10-11-5-7-12(20)8-6-11/h5-8,13-14,19-20H,2-4,9-10H2,1H3,(H,18,21)(H,22,23)(H,24,25)/t13-/m0/s1. The van der Waals surface area contributed by atoms with Crippen molar-refractivity contribution in [3.05, 3.63) is 29.8 Å². The van der Waals surface area contributed by atoms with E-state index in [-0.39, 0.29) is 12.2 Å². The van der Waals surface area contributed by atoms with E-state index in [2.05, 4.69) is 10.6 Å². The van der Waals surface area contributed by atoms with Crippen molar-refractivity contribution in [3.8, 4) is 5.75 Å². The topological polar surface area (TPSA) is 136 Å². The lowest BCUT2D eigenvalue weighted by atomic mass is 10.0. The van der Waals surface area contributed by atoms with Gasteiger partial charge in [0.2, 0.25) is 11.9 Å². The van der Waals surface area contributed by atoms with Gasteiger partial charge in [-0.25, -0.2) is 9.59 Å². The number of phenols is 1. The predicted octanol–water partition coefficient (Wildman–Crippen LogP) is 0.737. The first kappa shape index (κ1) is 20.4. The average molecular weight is 352 g/mol. The van der Waals surface area contributed by atoms with Gasteiger partial charge in [-0.3, -0.25) is 10.1 Å². The fourth-order valence-electron chi connectivity index (χ4n) is 2.25. The summed E-state index contributed by atoms with van der Waals surface area (Å²) in [5, 5.41) is 32.4.